The van der Waals surface area contributed by atoms with Gasteiger partial charge in [-0.1, -0.05) is 17.7 Å². The van der Waals surface area contributed by atoms with E-state index in [4.69, 9.17) is 11.6 Å². The molecule has 0 saturated heterocycles. The maximum atomic E-state index is 12.6. The van der Waals surface area contributed by atoms with E-state index in [0.717, 1.165) is 12.8 Å². The Labute approximate surface area is 108 Å². The van der Waals surface area contributed by atoms with Gasteiger partial charge in [-0.05, 0) is 25.0 Å². The third-order valence-electron chi connectivity index (χ3n) is 2.86. The van der Waals surface area contributed by atoms with Crippen LogP contribution in [0.25, 0.3) is 0 Å². The summed E-state index contributed by atoms with van der Waals surface area (Å²) in [6, 6.07) is 4.51. The normalized spacial score (nSPS) is 15.8. The van der Waals surface area contributed by atoms with Crippen LogP contribution in [0.2, 0.25) is 5.02 Å². The minimum absolute atomic E-state index is 0.101. The third kappa shape index (κ3) is 3.29. The molecule has 0 unspecified atom stereocenters. The number of anilines is 1. The molecule has 2 nitrogen and oxygen atoms in total. The molecule has 0 spiro atoms. The first-order valence-electron chi connectivity index (χ1n) is 5.63. The van der Waals surface area contributed by atoms with Gasteiger partial charge in [0.1, 0.15) is 6.54 Å². The average Bonchev–Trinajstić information content (AvgIpc) is 3.08. The van der Waals surface area contributed by atoms with E-state index in [-0.39, 0.29) is 12.6 Å². The van der Waals surface area contributed by atoms with Crippen molar-refractivity contribution in [1.82, 2.24) is 0 Å². The zero-order chi connectivity index (χ0) is 13.3. The first kappa shape index (κ1) is 13.5. The molecular weight excluding hydrogens is 267 g/mol. The van der Waals surface area contributed by atoms with Gasteiger partial charge in [-0.15, -0.1) is 0 Å². The molecule has 0 aliphatic heterocycles. The molecule has 100 valence electrons. The third-order valence-corrected chi connectivity index (χ3v) is 3.10. The second kappa shape index (κ2) is 4.97. The molecule has 1 saturated carbocycles. The van der Waals surface area contributed by atoms with Gasteiger partial charge in [0.15, 0.2) is 0 Å². The van der Waals surface area contributed by atoms with Crippen molar-refractivity contribution in [3.63, 3.8) is 0 Å². The zero-order valence-corrected chi connectivity index (χ0v) is 10.3. The van der Waals surface area contributed by atoms with Crippen LogP contribution in [0.3, 0.4) is 0 Å². The average molecular weight is 280 g/mol. The van der Waals surface area contributed by atoms with Crippen LogP contribution in [0, 0.1) is 0 Å². The number of alkyl halides is 3. The molecule has 1 fully saturated rings. The highest BCUT2D eigenvalue weighted by atomic mass is 35.5. The molecule has 1 aliphatic carbocycles. The van der Waals surface area contributed by atoms with Gasteiger partial charge >= 0.3 is 6.18 Å². The van der Waals surface area contributed by atoms with Crippen molar-refractivity contribution < 1.29 is 18.3 Å². The molecule has 0 radical (unpaired) electrons. The molecule has 1 aromatic rings. The Balaban J connectivity index is 2.32. The summed E-state index contributed by atoms with van der Waals surface area (Å²) in [6.45, 7) is -1.31. The van der Waals surface area contributed by atoms with Crippen molar-refractivity contribution in [1.29, 1.82) is 0 Å². The molecular formula is C12H13ClF3NO. The van der Waals surface area contributed by atoms with Crippen molar-refractivity contribution in [3.8, 4) is 0 Å². The fourth-order valence-corrected chi connectivity index (χ4v) is 2.09. The van der Waals surface area contributed by atoms with Crippen LogP contribution in [-0.2, 0) is 6.61 Å². The lowest BCUT2D eigenvalue weighted by Crippen LogP contribution is -2.36. The minimum Gasteiger partial charge on any atom is -0.392 e. The topological polar surface area (TPSA) is 23.5 Å². The number of aliphatic hydroxyl groups is 1. The Morgan fingerprint density at radius 3 is 2.50 bits per heavy atom. The van der Waals surface area contributed by atoms with Crippen molar-refractivity contribution in [2.75, 3.05) is 11.4 Å². The maximum absolute atomic E-state index is 12.6. The van der Waals surface area contributed by atoms with E-state index in [1.54, 1.807) is 12.1 Å². The first-order chi connectivity index (χ1) is 8.40. The molecule has 0 amide bonds. The predicted octanol–water partition coefficient (Wildman–Crippen LogP) is 3.36. The largest absolute Gasteiger partial charge is 0.405 e. The summed E-state index contributed by atoms with van der Waals surface area (Å²) in [4.78, 5) is 1.29. The number of hydrogen-bond donors (Lipinski definition) is 1. The van der Waals surface area contributed by atoms with Crippen molar-refractivity contribution in [3.05, 3.63) is 28.8 Å². The van der Waals surface area contributed by atoms with E-state index in [1.165, 1.54) is 11.0 Å². The van der Waals surface area contributed by atoms with Gasteiger partial charge in [0, 0.05) is 22.3 Å². The fourth-order valence-electron chi connectivity index (χ4n) is 1.93. The van der Waals surface area contributed by atoms with Crippen LogP contribution in [0.1, 0.15) is 18.4 Å². The lowest BCUT2D eigenvalue weighted by atomic mass is 10.1. The van der Waals surface area contributed by atoms with Crippen molar-refractivity contribution in [2.45, 2.75) is 31.7 Å². The Morgan fingerprint density at radius 1 is 1.33 bits per heavy atom. The van der Waals surface area contributed by atoms with E-state index in [9.17, 15) is 18.3 Å². The van der Waals surface area contributed by atoms with Crippen LogP contribution in [0.4, 0.5) is 18.9 Å². The Hall–Kier alpha value is -0.940. The fraction of sp³-hybridized carbons (Fsp3) is 0.500. The van der Waals surface area contributed by atoms with Gasteiger partial charge in [-0.25, -0.2) is 0 Å². The number of nitrogens with zero attached hydrogens (tertiary/aromatic N) is 1. The van der Waals surface area contributed by atoms with Crippen LogP contribution in [-0.4, -0.2) is 23.9 Å². The molecule has 18 heavy (non-hydrogen) atoms. The molecule has 2 rings (SSSR count). The second-order valence-electron chi connectivity index (χ2n) is 4.41. The quantitative estimate of drug-likeness (QED) is 0.913. The Kier molecular flexibility index (Phi) is 3.73. The Bertz CT molecular complexity index is 432. The monoisotopic (exact) mass is 279 g/mol. The van der Waals surface area contributed by atoms with Gasteiger partial charge < -0.3 is 10.0 Å². The molecule has 0 bridgehead atoms. The van der Waals surface area contributed by atoms with E-state index < -0.39 is 12.7 Å². The van der Waals surface area contributed by atoms with Crippen molar-refractivity contribution in [2.24, 2.45) is 0 Å². The Morgan fingerprint density at radius 2 is 2.00 bits per heavy atom. The molecule has 1 aromatic carbocycles. The summed E-state index contributed by atoms with van der Waals surface area (Å²) >= 11 is 5.82. The first-order valence-corrected chi connectivity index (χ1v) is 6.01. The van der Waals surface area contributed by atoms with Gasteiger partial charge in [-0.3, -0.25) is 0 Å². The number of hydrogen-bond acceptors (Lipinski definition) is 2. The van der Waals surface area contributed by atoms with Gasteiger partial charge in [0.25, 0.3) is 0 Å². The highest BCUT2D eigenvalue weighted by Gasteiger charge is 2.38. The summed E-state index contributed by atoms with van der Waals surface area (Å²) in [5.74, 6) is 0. The predicted molar refractivity (Wildman–Crippen MR) is 63.8 cm³/mol. The lowest BCUT2D eigenvalue weighted by Gasteiger charge is -2.28. The summed E-state index contributed by atoms with van der Waals surface area (Å²) in [5, 5.41) is 9.58. The molecule has 1 N–H and O–H groups in total. The SMILES string of the molecule is OCc1ccc(Cl)cc1N(CC(F)(F)F)C1CC1. The number of aliphatic hydroxyl groups excluding tert-OH is 1. The highest BCUT2D eigenvalue weighted by Crippen LogP contribution is 2.37. The van der Waals surface area contributed by atoms with Crippen LogP contribution in [0.5, 0.6) is 0 Å². The van der Waals surface area contributed by atoms with Crippen LogP contribution in [0.15, 0.2) is 18.2 Å². The second-order valence-corrected chi connectivity index (χ2v) is 4.84. The van der Waals surface area contributed by atoms with Crippen molar-refractivity contribution >= 4 is 17.3 Å². The lowest BCUT2D eigenvalue weighted by molar-refractivity contribution is -0.120. The molecule has 0 aromatic heterocycles. The summed E-state index contributed by atoms with van der Waals surface area (Å²) in [7, 11) is 0. The number of benzene rings is 1. The van der Waals surface area contributed by atoms with Crippen LogP contribution >= 0.6 is 11.6 Å². The molecule has 0 heterocycles. The van der Waals surface area contributed by atoms with Gasteiger partial charge in [0.05, 0.1) is 6.61 Å². The van der Waals surface area contributed by atoms with E-state index in [1.807, 2.05) is 0 Å². The summed E-state index contributed by atoms with van der Waals surface area (Å²) < 4.78 is 37.7. The summed E-state index contributed by atoms with van der Waals surface area (Å²) in [6.07, 6.45) is -2.78. The smallest absolute Gasteiger partial charge is 0.392 e. The number of rotatable bonds is 4. The van der Waals surface area contributed by atoms with E-state index in [0.29, 0.717) is 16.3 Å². The summed E-state index contributed by atoms with van der Waals surface area (Å²) in [5.41, 5.74) is 0.848. The molecule has 1 aliphatic rings. The maximum Gasteiger partial charge on any atom is 0.405 e. The van der Waals surface area contributed by atoms with Gasteiger partial charge in [-0.2, -0.15) is 13.2 Å². The molecule has 6 heteroatoms. The minimum atomic E-state index is -4.27. The molecule has 0 atom stereocenters. The van der Waals surface area contributed by atoms with Gasteiger partial charge in [0.2, 0.25) is 0 Å². The van der Waals surface area contributed by atoms with E-state index >= 15 is 0 Å². The zero-order valence-electron chi connectivity index (χ0n) is 9.54. The number of halogens is 4. The highest BCUT2D eigenvalue weighted by molar-refractivity contribution is 6.30. The van der Waals surface area contributed by atoms with Crippen LogP contribution < -0.4 is 4.90 Å². The standard InChI is InChI=1S/C12H13ClF3NO/c13-9-2-1-8(6-18)11(5-9)17(10-3-4-10)7-12(14,15)16/h1-2,5,10,18H,3-4,6-7H2. The van der Waals surface area contributed by atoms with E-state index in [2.05, 4.69) is 0 Å².